The Kier molecular flexibility index (Phi) is 5.53. The third-order valence-corrected chi connectivity index (χ3v) is 5.69. The van der Waals surface area contributed by atoms with Gasteiger partial charge in [0.25, 0.3) is 0 Å². The van der Waals surface area contributed by atoms with Crippen molar-refractivity contribution >= 4 is 28.4 Å². The van der Waals surface area contributed by atoms with Crippen molar-refractivity contribution in [3.05, 3.63) is 47.4 Å². The van der Waals surface area contributed by atoms with E-state index in [9.17, 15) is 4.79 Å². The van der Waals surface area contributed by atoms with E-state index in [1.807, 2.05) is 51.2 Å². The highest BCUT2D eigenvalue weighted by Gasteiger charge is 2.27. The molecular weight excluding hydrogens is 378 g/mol. The molecule has 156 valence electrons. The number of benzene rings is 1. The van der Waals surface area contributed by atoms with Gasteiger partial charge in [0.05, 0.1) is 42.0 Å². The normalized spacial score (nSPS) is 16.5. The van der Waals surface area contributed by atoms with E-state index in [0.717, 1.165) is 47.5 Å². The molecule has 7 heteroatoms. The zero-order valence-corrected chi connectivity index (χ0v) is 17.9. The second-order valence-electron chi connectivity index (χ2n) is 7.91. The van der Waals surface area contributed by atoms with Gasteiger partial charge in [-0.1, -0.05) is 6.07 Å². The van der Waals surface area contributed by atoms with Crippen LogP contribution < -0.4 is 15.0 Å². The van der Waals surface area contributed by atoms with Gasteiger partial charge in [0.1, 0.15) is 11.3 Å². The van der Waals surface area contributed by atoms with Gasteiger partial charge in [-0.15, -0.1) is 0 Å². The van der Waals surface area contributed by atoms with Crippen LogP contribution >= 0.6 is 0 Å². The number of nitrogens with one attached hydrogen (secondary N) is 1. The van der Waals surface area contributed by atoms with Crippen LogP contribution in [0.3, 0.4) is 0 Å². The molecule has 1 fully saturated rings. The lowest BCUT2D eigenvalue weighted by atomic mass is 9.96. The maximum Gasteiger partial charge on any atom is 0.229 e. The first-order valence-electron chi connectivity index (χ1n) is 10.3. The Hall–Kier alpha value is -3.22. The Bertz CT molecular complexity index is 1100. The molecule has 30 heavy (non-hydrogen) atoms. The molecule has 0 unspecified atom stereocenters. The minimum Gasteiger partial charge on any atom is -0.495 e. The second-order valence-corrected chi connectivity index (χ2v) is 7.91. The molecule has 4 rings (SSSR count). The molecule has 3 aromatic rings. The summed E-state index contributed by atoms with van der Waals surface area (Å²) in [5.74, 6) is 0.582. The number of fused-ring (bicyclic) bond motifs is 1. The lowest BCUT2D eigenvalue weighted by Crippen LogP contribution is -2.40. The SMILES string of the molecule is COc1ccc(C)cc1NC(=O)[C@@H]1CCCN(c2cnc3nc(C)c(C)nc3c2)C1. The summed E-state index contributed by atoms with van der Waals surface area (Å²) in [7, 11) is 1.61. The number of piperidine rings is 1. The van der Waals surface area contributed by atoms with Gasteiger partial charge in [0.15, 0.2) is 5.65 Å². The number of methoxy groups -OCH3 is 1. The van der Waals surface area contributed by atoms with E-state index >= 15 is 0 Å². The molecular formula is C23H27N5O2. The number of carbonyl (C=O) groups is 1. The Morgan fingerprint density at radius 2 is 1.97 bits per heavy atom. The number of nitrogens with zero attached hydrogens (tertiary/aromatic N) is 4. The number of pyridine rings is 1. The third kappa shape index (κ3) is 4.06. The average Bonchev–Trinajstić information content (AvgIpc) is 2.74. The zero-order chi connectivity index (χ0) is 21.3. The molecule has 3 heterocycles. The molecule has 1 atom stereocenters. The van der Waals surface area contributed by atoms with E-state index in [2.05, 4.69) is 25.2 Å². The number of aromatic nitrogens is 3. The predicted molar refractivity (Wildman–Crippen MR) is 118 cm³/mol. The number of carbonyl (C=O) groups excluding carboxylic acids is 1. The van der Waals surface area contributed by atoms with Crippen molar-refractivity contribution in [1.82, 2.24) is 15.0 Å². The molecule has 1 saturated heterocycles. The van der Waals surface area contributed by atoms with Crippen molar-refractivity contribution in [3.63, 3.8) is 0 Å². The van der Waals surface area contributed by atoms with Crippen molar-refractivity contribution in [3.8, 4) is 5.75 Å². The summed E-state index contributed by atoms with van der Waals surface area (Å²) in [6.07, 6.45) is 3.63. The fraction of sp³-hybridized carbons (Fsp3) is 0.391. The van der Waals surface area contributed by atoms with Gasteiger partial charge in [-0.05, 0) is 57.4 Å². The van der Waals surface area contributed by atoms with E-state index in [-0.39, 0.29) is 11.8 Å². The smallest absolute Gasteiger partial charge is 0.229 e. The van der Waals surface area contributed by atoms with Crippen LogP contribution in [0.2, 0.25) is 0 Å². The maximum absolute atomic E-state index is 13.0. The highest BCUT2D eigenvalue weighted by Crippen LogP contribution is 2.29. The lowest BCUT2D eigenvalue weighted by molar-refractivity contribution is -0.120. The van der Waals surface area contributed by atoms with Gasteiger partial charge in [-0.3, -0.25) is 4.79 Å². The van der Waals surface area contributed by atoms with Gasteiger partial charge >= 0.3 is 0 Å². The first-order valence-corrected chi connectivity index (χ1v) is 10.3. The number of rotatable bonds is 4. The summed E-state index contributed by atoms with van der Waals surface area (Å²) in [5.41, 5.74) is 6.00. The maximum atomic E-state index is 13.0. The fourth-order valence-electron chi connectivity index (χ4n) is 3.86. The Balaban J connectivity index is 1.52. The number of amides is 1. The Morgan fingerprint density at radius 1 is 1.17 bits per heavy atom. The van der Waals surface area contributed by atoms with Crippen LogP contribution in [0.15, 0.2) is 30.5 Å². The average molecular weight is 406 g/mol. The summed E-state index contributed by atoms with van der Waals surface area (Å²) < 4.78 is 5.39. The minimum absolute atomic E-state index is 0.0172. The second kappa shape index (κ2) is 8.26. The van der Waals surface area contributed by atoms with Gasteiger partial charge in [0, 0.05) is 13.1 Å². The number of aryl methyl sites for hydroxylation is 3. The number of ether oxygens (including phenoxy) is 1. The van der Waals surface area contributed by atoms with Crippen molar-refractivity contribution < 1.29 is 9.53 Å². The van der Waals surface area contributed by atoms with Gasteiger partial charge < -0.3 is 15.0 Å². The highest BCUT2D eigenvalue weighted by atomic mass is 16.5. The van der Waals surface area contributed by atoms with E-state index in [1.165, 1.54) is 0 Å². The summed E-state index contributed by atoms with van der Waals surface area (Å²) in [6, 6.07) is 7.80. The van der Waals surface area contributed by atoms with Crippen molar-refractivity contribution in [2.75, 3.05) is 30.4 Å². The van der Waals surface area contributed by atoms with Crippen LogP contribution in [0.5, 0.6) is 5.75 Å². The highest BCUT2D eigenvalue weighted by molar-refractivity contribution is 5.94. The fourth-order valence-corrected chi connectivity index (χ4v) is 3.86. The number of hydrogen-bond acceptors (Lipinski definition) is 6. The molecule has 1 aromatic carbocycles. The van der Waals surface area contributed by atoms with E-state index in [0.29, 0.717) is 23.6 Å². The summed E-state index contributed by atoms with van der Waals surface area (Å²) in [5, 5.41) is 3.06. The molecule has 0 aliphatic carbocycles. The van der Waals surface area contributed by atoms with Crippen LogP contribution in [0.4, 0.5) is 11.4 Å². The lowest BCUT2D eigenvalue weighted by Gasteiger charge is -2.33. The third-order valence-electron chi connectivity index (χ3n) is 5.69. The molecule has 7 nitrogen and oxygen atoms in total. The quantitative estimate of drug-likeness (QED) is 0.711. The largest absolute Gasteiger partial charge is 0.495 e. The standard InChI is InChI=1S/C23H27N5O2/c1-14-7-8-21(30-4)19(10-14)27-23(29)17-6-5-9-28(13-17)18-11-20-22(24-12-18)26-16(3)15(2)25-20/h7-8,10-12,17H,5-6,9,13H2,1-4H3,(H,27,29)/t17-/m1/s1. The summed E-state index contributed by atoms with van der Waals surface area (Å²) in [6.45, 7) is 7.43. The van der Waals surface area contributed by atoms with Gasteiger partial charge in [0.2, 0.25) is 5.91 Å². The molecule has 0 radical (unpaired) electrons. The number of anilines is 2. The van der Waals surface area contributed by atoms with Crippen LogP contribution in [0, 0.1) is 26.7 Å². The van der Waals surface area contributed by atoms with Crippen molar-refractivity contribution in [2.24, 2.45) is 5.92 Å². The summed E-state index contributed by atoms with van der Waals surface area (Å²) >= 11 is 0. The van der Waals surface area contributed by atoms with Crippen LogP contribution in [0.25, 0.3) is 11.2 Å². The topological polar surface area (TPSA) is 80.2 Å². The minimum atomic E-state index is -0.106. The van der Waals surface area contributed by atoms with Gasteiger partial charge in [-0.2, -0.15) is 0 Å². The number of hydrogen-bond donors (Lipinski definition) is 1. The van der Waals surface area contributed by atoms with E-state index in [1.54, 1.807) is 7.11 Å². The Labute approximate surface area is 176 Å². The Morgan fingerprint density at radius 3 is 2.77 bits per heavy atom. The first-order chi connectivity index (χ1) is 14.4. The zero-order valence-electron chi connectivity index (χ0n) is 17.9. The molecule has 0 saturated carbocycles. The van der Waals surface area contributed by atoms with Crippen molar-refractivity contribution in [1.29, 1.82) is 0 Å². The van der Waals surface area contributed by atoms with Gasteiger partial charge in [-0.25, -0.2) is 15.0 Å². The molecule has 2 aromatic heterocycles. The van der Waals surface area contributed by atoms with E-state index < -0.39 is 0 Å². The molecule has 0 bridgehead atoms. The van der Waals surface area contributed by atoms with Crippen LogP contribution in [-0.4, -0.2) is 41.1 Å². The molecule has 1 aliphatic heterocycles. The summed E-state index contributed by atoms with van der Waals surface area (Å²) in [4.78, 5) is 28.8. The van der Waals surface area contributed by atoms with Crippen LogP contribution in [-0.2, 0) is 4.79 Å². The monoisotopic (exact) mass is 405 g/mol. The molecule has 1 aliphatic rings. The molecule has 1 amide bonds. The van der Waals surface area contributed by atoms with Crippen LogP contribution in [0.1, 0.15) is 29.8 Å². The predicted octanol–water partition coefficient (Wildman–Crippen LogP) is 3.81. The molecule has 1 N–H and O–H groups in total. The first kappa shape index (κ1) is 20.1. The molecule has 0 spiro atoms. The van der Waals surface area contributed by atoms with Crippen molar-refractivity contribution in [2.45, 2.75) is 33.6 Å². The van der Waals surface area contributed by atoms with E-state index in [4.69, 9.17) is 4.74 Å².